The summed E-state index contributed by atoms with van der Waals surface area (Å²) in [7, 11) is 0. The number of carbonyl (C=O) groups excluding carboxylic acids is 4. The number of aliphatic hydroxyl groups excluding tert-OH is 2. The molecule has 1 aliphatic heterocycles. The molecule has 4 N–H and O–H groups in total. The first-order chi connectivity index (χ1) is 18.1. The average Bonchev–Trinajstić information content (AvgIpc) is 3.19. The van der Waals surface area contributed by atoms with Crippen LogP contribution in [0.5, 0.6) is 0 Å². The second kappa shape index (κ2) is 22.8. The molecule has 0 radical (unpaired) electrons. The number of aliphatic hydroxyl groups is 2. The van der Waals surface area contributed by atoms with Crippen molar-refractivity contribution in [3.8, 4) is 0 Å². The van der Waals surface area contributed by atoms with Crippen LogP contribution in [0, 0.1) is 0 Å². The molecule has 1 aliphatic rings. The van der Waals surface area contributed by atoms with Crippen molar-refractivity contribution in [1.82, 2.24) is 0 Å². The van der Waals surface area contributed by atoms with Gasteiger partial charge in [0.2, 0.25) is 0 Å². The van der Waals surface area contributed by atoms with E-state index in [1.54, 1.807) is 27.7 Å². The van der Waals surface area contributed by atoms with E-state index in [-0.39, 0.29) is 51.7 Å². The highest BCUT2D eigenvalue weighted by molar-refractivity contribution is 5.92. The summed E-state index contributed by atoms with van der Waals surface area (Å²) in [5, 5.41) is 34.2. The van der Waals surface area contributed by atoms with Gasteiger partial charge in [0.25, 0.3) is 0 Å². The van der Waals surface area contributed by atoms with Crippen LogP contribution in [0.2, 0.25) is 0 Å². The number of rotatable bonds is 16. The molecule has 0 aromatic heterocycles. The number of carbonyl (C=O) groups is 6. The lowest BCUT2D eigenvalue weighted by atomic mass is 10.3. The van der Waals surface area contributed by atoms with Gasteiger partial charge in [-0.25, -0.2) is 0 Å². The molecule has 0 aliphatic carbocycles. The van der Waals surface area contributed by atoms with E-state index in [9.17, 15) is 28.8 Å². The fourth-order valence-corrected chi connectivity index (χ4v) is 2.29. The van der Waals surface area contributed by atoms with Gasteiger partial charge in [-0.2, -0.15) is 0 Å². The van der Waals surface area contributed by atoms with Crippen molar-refractivity contribution in [2.45, 2.75) is 90.6 Å². The Hall–Kier alpha value is -3.14. The minimum atomic E-state index is -1.08. The van der Waals surface area contributed by atoms with Gasteiger partial charge in [0, 0.05) is 0 Å². The van der Waals surface area contributed by atoms with Crippen LogP contribution >= 0.6 is 0 Å². The first-order valence-electron chi connectivity index (χ1n) is 12.2. The molecule has 1 fully saturated rings. The number of ether oxygens (including phenoxy) is 5. The number of esters is 4. The molecule has 0 amide bonds. The molecule has 4 unspecified atom stereocenters. The smallest absolute Gasteiger partial charge is 0.314 e. The van der Waals surface area contributed by atoms with Gasteiger partial charge in [-0.1, -0.05) is 0 Å². The van der Waals surface area contributed by atoms with Crippen molar-refractivity contribution >= 4 is 35.8 Å². The molecular formula is C24H40O15. The monoisotopic (exact) mass is 568 g/mol. The highest BCUT2D eigenvalue weighted by atomic mass is 16.6. The lowest BCUT2D eigenvalue weighted by Gasteiger charge is -2.16. The third-order valence-corrected chi connectivity index (χ3v) is 3.94. The van der Waals surface area contributed by atoms with Crippen LogP contribution in [0.15, 0.2) is 0 Å². The summed E-state index contributed by atoms with van der Waals surface area (Å²) in [5.74, 6) is -4.21. The standard InChI is InChI=1S/C14H22O9.C6H14O3.C4H4O3/c1-9(22-13(19)5-3-11(15)16)7-21-8-10(2)23-14(20)6-4-12(17)18;1-5(7)3-9-4-6(2)8;5-3-1-2-4(6)7-3/h9-10H,3-8H2,1-2H3,(H,15,16)(H,17,18);5-8H,3-4H2,1-2H3;1-2H2. The summed E-state index contributed by atoms with van der Waals surface area (Å²) in [6, 6.07) is 0. The molecule has 0 saturated carbocycles. The maximum atomic E-state index is 11.3. The highest BCUT2D eigenvalue weighted by Crippen LogP contribution is 2.04. The van der Waals surface area contributed by atoms with Crippen LogP contribution in [0.25, 0.3) is 0 Å². The van der Waals surface area contributed by atoms with Gasteiger partial charge in [-0.15, -0.1) is 0 Å². The molecule has 0 aromatic rings. The van der Waals surface area contributed by atoms with Crippen molar-refractivity contribution in [2.75, 3.05) is 26.4 Å². The van der Waals surface area contributed by atoms with Gasteiger partial charge in [0.15, 0.2) is 0 Å². The Morgan fingerprint density at radius 2 is 1.00 bits per heavy atom. The van der Waals surface area contributed by atoms with Gasteiger partial charge >= 0.3 is 35.8 Å². The van der Waals surface area contributed by atoms with E-state index in [4.69, 9.17) is 39.4 Å². The minimum absolute atomic E-state index is 0.0653. The first-order valence-corrected chi connectivity index (χ1v) is 12.2. The molecule has 0 bridgehead atoms. The molecule has 1 heterocycles. The SMILES string of the molecule is CC(COCC(C)OC(=O)CCC(=O)O)OC(=O)CCC(=O)O.CC(O)COCC(C)O.O=C1CCC(=O)O1. The Balaban J connectivity index is 0. The Morgan fingerprint density at radius 3 is 1.26 bits per heavy atom. The summed E-state index contributed by atoms with van der Waals surface area (Å²) in [6.45, 7) is 7.18. The fourth-order valence-electron chi connectivity index (χ4n) is 2.29. The van der Waals surface area contributed by atoms with Crippen LogP contribution in [0.1, 0.15) is 66.2 Å². The van der Waals surface area contributed by atoms with Gasteiger partial charge in [0.05, 0.1) is 77.2 Å². The third kappa shape index (κ3) is 29.3. The normalized spacial score (nSPS) is 15.2. The first kappa shape index (κ1) is 38.0. The van der Waals surface area contributed by atoms with Crippen molar-refractivity contribution in [2.24, 2.45) is 0 Å². The van der Waals surface area contributed by atoms with Gasteiger partial charge in [-0.05, 0) is 27.7 Å². The second-order valence-electron chi connectivity index (χ2n) is 8.51. The van der Waals surface area contributed by atoms with E-state index < -0.39 is 60.2 Å². The van der Waals surface area contributed by atoms with Crippen LogP contribution < -0.4 is 0 Å². The highest BCUT2D eigenvalue weighted by Gasteiger charge is 2.19. The molecule has 39 heavy (non-hydrogen) atoms. The summed E-state index contributed by atoms with van der Waals surface area (Å²) >= 11 is 0. The number of hydrogen-bond donors (Lipinski definition) is 4. The largest absolute Gasteiger partial charge is 0.481 e. The summed E-state index contributed by atoms with van der Waals surface area (Å²) in [4.78, 5) is 63.2. The zero-order chi connectivity index (χ0) is 30.4. The van der Waals surface area contributed by atoms with Crippen LogP contribution in [0.4, 0.5) is 0 Å². The molecule has 1 rings (SSSR count). The van der Waals surface area contributed by atoms with E-state index in [2.05, 4.69) is 4.74 Å². The van der Waals surface area contributed by atoms with Crippen LogP contribution in [-0.4, -0.2) is 107 Å². The summed E-state index contributed by atoms with van der Waals surface area (Å²) in [6.07, 6.45) is -2.50. The molecule has 1 saturated heterocycles. The Bertz CT molecular complexity index is 703. The predicted octanol–water partition coefficient (Wildman–Crippen LogP) is 0.211. The van der Waals surface area contributed by atoms with Crippen molar-refractivity contribution in [3.63, 3.8) is 0 Å². The summed E-state index contributed by atoms with van der Waals surface area (Å²) < 4.78 is 24.0. The maximum absolute atomic E-state index is 11.3. The van der Waals surface area contributed by atoms with E-state index in [0.717, 1.165) is 0 Å². The van der Waals surface area contributed by atoms with Gasteiger partial charge in [-0.3, -0.25) is 28.8 Å². The molecule has 4 atom stereocenters. The Labute approximate surface area is 226 Å². The summed E-state index contributed by atoms with van der Waals surface area (Å²) in [5.41, 5.74) is 0. The number of aliphatic carboxylic acids is 2. The number of cyclic esters (lactones) is 2. The third-order valence-electron chi connectivity index (χ3n) is 3.94. The maximum Gasteiger partial charge on any atom is 0.314 e. The molecular weight excluding hydrogens is 528 g/mol. The number of carboxylic acid groups (broad SMARTS) is 2. The van der Waals surface area contributed by atoms with E-state index in [1.165, 1.54) is 0 Å². The molecule has 226 valence electrons. The van der Waals surface area contributed by atoms with Crippen molar-refractivity contribution in [1.29, 1.82) is 0 Å². The van der Waals surface area contributed by atoms with Gasteiger partial charge in [0.1, 0.15) is 12.2 Å². The number of carboxylic acids is 2. The second-order valence-corrected chi connectivity index (χ2v) is 8.51. The fraction of sp³-hybridized carbons (Fsp3) is 0.750. The molecule has 15 nitrogen and oxygen atoms in total. The Kier molecular flexibility index (Phi) is 22.2. The average molecular weight is 569 g/mol. The van der Waals surface area contributed by atoms with Crippen LogP contribution in [0.3, 0.4) is 0 Å². The van der Waals surface area contributed by atoms with E-state index in [1.807, 2.05) is 0 Å². The zero-order valence-electron chi connectivity index (χ0n) is 22.7. The zero-order valence-corrected chi connectivity index (χ0v) is 22.7. The predicted molar refractivity (Wildman–Crippen MR) is 130 cm³/mol. The lowest BCUT2D eigenvalue weighted by molar-refractivity contribution is -0.157. The Morgan fingerprint density at radius 1 is 0.667 bits per heavy atom. The van der Waals surface area contributed by atoms with Gasteiger partial charge < -0.3 is 44.1 Å². The quantitative estimate of drug-likeness (QED) is 0.111. The lowest BCUT2D eigenvalue weighted by Crippen LogP contribution is -2.25. The number of hydrogen-bond acceptors (Lipinski definition) is 13. The topological polar surface area (TPSA) is 229 Å². The molecule has 0 aromatic carbocycles. The van der Waals surface area contributed by atoms with Crippen molar-refractivity contribution in [3.05, 3.63) is 0 Å². The van der Waals surface area contributed by atoms with E-state index >= 15 is 0 Å². The molecule has 15 heteroatoms. The van der Waals surface area contributed by atoms with Crippen molar-refractivity contribution < 1.29 is 72.9 Å². The minimum Gasteiger partial charge on any atom is -0.481 e. The molecule has 0 spiro atoms. The van der Waals surface area contributed by atoms with Crippen LogP contribution in [-0.2, 0) is 52.5 Å². The van der Waals surface area contributed by atoms with E-state index in [0.29, 0.717) is 13.2 Å².